The molecule has 4 rings (SSSR count). The third kappa shape index (κ3) is 3.57. The standard InChI is InChI=1S/C20H22N4O4S/c1-21-19(27)18-14(13-6-2-3-7-15(13)29-18)9-12-5-4-8-23(12)17(26)11-24-16(25)10-22-20(24)28/h2-3,6-7,12H,4-5,8-11H2,1H3,(H,21,27)(H,22,28)/t12-/m1/s1. The molecule has 0 unspecified atom stereocenters. The molecule has 1 aromatic heterocycles. The predicted octanol–water partition coefficient (Wildman–Crippen LogP) is 1.35. The molecule has 9 heteroatoms. The number of urea groups is 1. The Morgan fingerprint density at radius 1 is 1.28 bits per heavy atom. The monoisotopic (exact) mass is 414 g/mol. The summed E-state index contributed by atoms with van der Waals surface area (Å²) in [6.07, 6.45) is 2.25. The van der Waals surface area contributed by atoms with Gasteiger partial charge in [0.2, 0.25) is 5.91 Å². The van der Waals surface area contributed by atoms with Gasteiger partial charge in [0.25, 0.3) is 11.8 Å². The van der Waals surface area contributed by atoms with Gasteiger partial charge in [-0.05, 0) is 36.3 Å². The molecule has 2 aliphatic rings. The molecule has 0 radical (unpaired) electrons. The zero-order valence-electron chi connectivity index (χ0n) is 16.1. The lowest BCUT2D eigenvalue weighted by molar-refractivity contribution is -0.137. The summed E-state index contributed by atoms with van der Waals surface area (Å²) in [6.45, 7) is 0.282. The second-order valence-electron chi connectivity index (χ2n) is 7.21. The Morgan fingerprint density at radius 2 is 2.07 bits per heavy atom. The van der Waals surface area contributed by atoms with Crippen LogP contribution in [0.4, 0.5) is 4.79 Å². The van der Waals surface area contributed by atoms with E-state index in [2.05, 4.69) is 10.6 Å². The third-order valence-electron chi connectivity index (χ3n) is 5.50. The predicted molar refractivity (Wildman–Crippen MR) is 109 cm³/mol. The summed E-state index contributed by atoms with van der Waals surface area (Å²) < 4.78 is 1.04. The van der Waals surface area contributed by atoms with Gasteiger partial charge >= 0.3 is 6.03 Å². The Morgan fingerprint density at radius 3 is 2.79 bits per heavy atom. The topological polar surface area (TPSA) is 98.8 Å². The van der Waals surface area contributed by atoms with E-state index >= 15 is 0 Å². The van der Waals surface area contributed by atoms with Crippen LogP contribution in [-0.2, 0) is 16.0 Å². The second-order valence-corrected chi connectivity index (χ2v) is 8.26. The molecule has 5 amide bonds. The summed E-state index contributed by atoms with van der Waals surface area (Å²) in [5.74, 6) is -0.750. The van der Waals surface area contributed by atoms with Crippen molar-refractivity contribution in [1.29, 1.82) is 0 Å². The number of nitrogens with zero attached hydrogens (tertiary/aromatic N) is 2. The molecule has 29 heavy (non-hydrogen) atoms. The van der Waals surface area contributed by atoms with Crippen LogP contribution in [0.25, 0.3) is 10.1 Å². The van der Waals surface area contributed by atoms with Gasteiger partial charge in [0.1, 0.15) is 6.54 Å². The van der Waals surface area contributed by atoms with Crippen molar-refractivity contribution in [3.63, 3.8) is 0 Å². The Bertz CT molecular complexity index is 986. The molecular weight excluding hydrogens is 392 g/mol. The lowest BCUT2D eigenvalue weighted by atomic mass is 10.0. The number of hydrogen-bond acceptors (Lipinski definition) is 5. The molecule has 2 aliphatic heterocycles. The number of likely N-dealkylation sites (tertiary alicyclic amines) is 1. The number of rotatable bonds is 5. The van der Waals surface area contributed by atoms with Crippen molar-refractivity contribution in [3.8, 4) is 0 Å². The molecule has 0 aliphatic carbocycles. The maximum Gasteiger partial charge on any atom is 0.325 e. The van der Waals surface area contributed by atoms with E-state index in [0.29, 0.717) is 17.8 Å². The van der Waals surface area contributed by atoms with Gasteiger partial charge in [-0.15, -0.1) is 11.3 Å². The van der Waals surface area contributed by atoms with Crippen LogP contribution < -0.4 is 10.6 Å². The lowest BCUT2D eigenvalue weighted by Crippen LogP contribution is -2.45. The van der Waals surface area contributed by atoms with Crippen LogP contribution >= 0.6 is 11.3 Å². The highest BCUT2D eigenvalue weighted by Crippen LogP contribution is 2.34. The number of imide groups is 1. The van der Waals surface area contributed by atoms with Crippen molar-refractivity contribution in [2.45, 2.75) is 25.3 Å². The van der Waals surface area contributed by atoms with E-state index in [1.807, 2.05) is 24.3 Å². The van der Waals surface area contributed by atoms with Crippen LogP contribution in [0.15, 0.2) is 24.3 Å². The van der Waals surface area contributed by atoms with Crippen LogP contribution in [0.2, 0.25) is 0 Å². The van der Waals surface area contributed by atoms with Crippen molar-refractivity contribution in [3.05, 3.63) is 34.7 Å². The van der Waals surface area contributed by atoms with Crippen LogP contribution in [0.1, 0.15) is 28.1 Å². The number of benzene rings is 1. The molecule has 2 N–H and O–H groups in total. The molecule has 8 nitrogen and oxygen atoms in total. The molecule has 3 heterocycles. The fourth-order valence-corrected chi connectivity index (χ4v) is 5.23. The molecule has 2 aromatic rings. The first-order valence-electron chi connectivity index (χ1n) is 9.59. The Labute approximate surface area is 171 Å². The van der Waals surface area contributed by atoms with Gasteiger partial charge < -0.3 is 15.5 Å². The molecular formula is C20H22N4O4S. The summed E-state index contributed by atoms with van der Waals surface area (Å²) in [7, 11) is 1.61. The number of hydrogen-bond donors (Lipinski definition) is 2. The van der Waals surface area contributed by atoms with Gasteiger partial charge in [-0.2, -0.15) is 0 Å². The molecule has 0 spiro atoms. The highest BCUT2D eigenvalue weighted by atomic mass is 32.1. The van der Waals surface area contributed by atoms with Gasteiger partial charge in [0.05, 0.1) is 11.4 Å². The van der Waals surface area contributed by atoms with E-state index < -0.39 is 6.03 Å². The van der Waals surface area contributed by atoms with Crippen LogP contribution in [0.3, 0.4) is 0 Å². The number of amides is 5. The molecule has 1 aromatic carbocycles. The largest absolute Gasteiger partial charge is 0.354 e. The summed E-state index contributed by atoms with van der Waals surface area (Å²) in [5.41, 5.74) is 0.949. The minimum absolute atomic E-state index is 0.0636. The van der Waals surface area contributed by atoms with E-state index in [0.717, 1.165) is 33.4 Å². The van der Waals surface area contributed by atoms with Crippen LogP contribution in [0, 0.1) is 0 Å². The molecule has 2 saturated heterocycles. The number of carbonyl (C=O) groups is 4. The van der Waals surface area contributed by atoms with Gasteiger partial charge in [0.15, 0.2) is 0 Å². The maximum atomic E-state index is 12.8. The minimum atomic E-state index is -0.523. The number of thiophene rings is 1. The highest BCUT2D eigenvalue weighted by Gasteiger charge is 2.35. The molecule has 1 atom stereocenters. The van der Waals surface area contributed by atoms with E-state index in [1.54, 1.807) is 11.9 Å². The Hall–Kier alpha value is -2.94. The molecule has 2 fully saturated rings. The first-order chi connectivity index (χ1) is 14.0. The number of nitrogens with one attached hydrogen (secondary N) is 2. The van der Waals surface area contributed by atoms with Gasteiger partial charge in [-0.1, -0.05) is 18.2 Å². The van der Waals surface area contributed by atoms with Gasteiger partial charge in [-0.3, -0.25) is 19.3 Å². The van der Waals surface area contributed by atoms with E-state index in [-0.39, 0.29) is 36.9 Å². The van der Waals surface area contributed by atoms with Crippen molar-refractivity contribution in [1.82, 2.24) is 20.4 Å². The smallest absolute Gasteiger partial charge is 0.325 e. The first-order valence-corrected chi connectivity index (χ1v) is 10.4. The average molecular weight is 414 g/mol. The highest BCUT2D eigenvalue weighted by molar-refractivity contribution is 7.21. The van der Waals surface area contributed by atoms with Crippen molar-refractivity contribution in [2.24, 2.45) is 0 Å². The van der Waals surface area contributed by atoms with E-state index in [9.17, 15) is 19.2 Å². The summed E-state index contributed by atoms with van der Waals surface area (Å²) in [6, 6.07) is 7.29. The van der Waals surface area contributed by atoms with E-state index in [4.69, 9.17) is 0 Å². The molecule has 0 bridgehead atoms. The summed E-state index contributed by atoms with van der Waals surface area (Å²) in [4.78, 5) is 52.2. The number of fused-ring (bicyclic) bond motifs is 1. The van der Waals surface area contributed by atoms with Gasteiger partial charge in [-0.25, -0.2) is 4.79 Å². The maximum absolute atomic E-state index is 12.8. The van der Waals surface area contributed by atoms with Crippen LogP contribution in [0.5, 0.6) is 0 Å². The van der Waals surface area contributed by atoms with Crippen molar-refractivity contribution >= 4 is 45.2 Å². The fourth-order valence-electron chi connectivity index (χ4n) is 4.05. The Balaban J connectivity index is 1.57. The zero-order chi connectivity index (χ0) is 20.5. The summed E-state index contributed by atoms with van der Waals surface area (Å²) in [5, 5.41) is 6.17. The van der Waals surface area contributed by atoms with Crippen molar-refractivity contribution in [2.75, 3.05) is 26.7 Å². The van der Waals surface area contributed by atoms with Gasteiger partial charge in [0, 0.05) is 24.3 Å². The molecule has 0 saturated carbocycles. The number of carbonyl (C=O) groups excluding carboxylic acids is 4. The van der Waals surface area contributed by atoms with Crippen LogP contribution in [-0.4, -0.2) is 66.3 Å². The average Bonchev–Trinajstić information content (AvgIpc) is 3.42. The first kappa shape index (κ1) is 19.4. The normalized spacial score (nSPS) is 19.1. The van der Waals surface area contributed by atoms with Crippen molar-refractivity contribution < 1.29 is 19.2 Å². The minimum Gasteiger partial charge on any atom is -0.354 e. The molecule has 152 valence electrons. The zero-order valence-corrected chi connectivity index (χ0v) is 16.9. The lowest BCUT2D eigenvalue weighted by Gasteiger charge is -2.26. The quantitative estimate of drug-likeness (QED) is 0.722. The Kier molecular flexibility index (Phi) is 5.23. The third-order valence-corrected chi connectivity index (χ3v) is 6.71. The van der Waals surface area contributed by atoms with E-state index in [1.165, 1.54) is 11.3 Å². The second kappa shape index (κ2) is 7.82. The summed E-state index contributed by atoms with van der Waals surface area (Å²) >= 11 is 1.46. The SMILES string of the molecule is CNC(=O)c1sc2ccccc2c1C[C@H]1CCCN1C(=O)CN1C(=O)CNC1=O. The fraction of sp³-hybridized carbons (Fsp3) is 0.400.